The molecule has 0 aromatic carbocycles. The third kappa shape index (κ3) is 3.60. The van der Waals surface area contributed by atoms with Gasteiger partial charge in [0, 0.05) is 43.9 Å². The summed E-state index contributed by atoms with van der Waals surface area (Å²) in [5.74, 6) is 1.80. The minimum atomic E-state index is 0.218. The van der Waals surface area contributed by atoms with E-state index in [0.717, 1.165) is 25.2 Å². The molecule has 2 bridgehead atoms. The largest absolute Gasteiger partial charge is 0.356 e. The number of amides is 1. The second kappa shape index (κ2) is 6.39. The third-order valence-corrected chi connectivity index (χ3v) is 4.51. The standard InChI is InChI=1S/C15H24N4O/c20-15(18-5-1-2-14-16-6-7-17-14)10-11-8-12-3-4-13(9-11)19-12/h6-7,11-13,19H,1-5,8-10H2,(H,16,17)(H,18,20). The molecule has 0 radical (unpaired) electrons. The monoisotopic (exact) mass is 276 g/mol. The van der Waals surface area contributed by atoms with Gasteiger partial charge < -0.3 is 15.6 Å². The van der Waals surface area contributed by atoms with Crippen LogP contribution in [0.3, 0.4) is 0 Å². The number of hydrogen-bond donors (Lipinski definition) is 3. The molecule has 2 saturated heterocycles. The first-order valence-corrected chi connectivity index (χ1v) is 7.80. The summed E-state index contributed by atoms with van der Waals surface area (Å²) in [5.41, 5.74) is 0. The van der Waals surface area contributed by atoms with E-state index >= 15 is 0 Å². The molecular weight excluding hydrogens is 252 g/mol. The van der Waals surface area contributed by atoms with Crippen molar-refractivity contribution in [2.75, 3.05) is 6.54 Å². The van der Waals surface area contributed by atoms with Crippen molar-refractivity contribution in [3.8, 4) is 0 Å². The summed E-state index contributed by atoms with van der Waals surface area (Å²) in [6.45, 7) is 0.747. The number of hydrogen-bond acceptors (Lipinski definition) is 3. The van der Waals surface area contributed by atoms with E-state index in [0.29, 0.717) is 24.4 Å². The van der Waals surface area contributed by atoms with E-state index < -0.39 is 0 Å². The van der Waals surface area contributed by atoms with Gasteiger partial charge in [-0.25, -0.2) is 4.98 Å². The molecule has 2 atom stereocenters. The van der Waals surface area contributed by atoms with Crippen molar-refractivity contribution in [2.24, 2.45) is 5.92 Å². The quantitative estimate of drug-likeness (QED) is 0.688. The molecule has 2 aliphatic heterocycles. The number of aromatic nitrogens is 2. The second-order valence-corrected chi connectivity index (χ2v) is 6.17. The van der Waals surface area contributed by atoms with Gasteiger partial charge in [0.2, 0.25) is 5.91 Å². The second-order valence-electron chi connectivity index (χ2n) is 6.17. The highest BCUT2D eigenvalue weighted by Crippen LogP contribution is 2.32. The number of imidazole rings is 1. The molecule has 5 heteroatoms. The van der Waals surface area contributed by atoms with Crippen molar-refractivity contribution in [1.29, 1.82) is 0 Å². The van der Waals surface area contributed by atoms with Crippen LogP contribution in [0.5, 0.6) is 0 Å². The summed E-state index contributed by atoms with van der Waals surface area (Å²) in [4.78, 5) is 19.2. The Morgan fingerprint density at radius 2 is 2.15 bits per heavy atom. The summed E-state index contributed by atoms with van der Waals surface area (Å²) in [6, 6.07) is 1.34. The molecule has 0 spiro atoms. The van der Waals surface area contributed by atoms with E-state index in [1.165, 1.54) is 25.7 Å². The maximum absolute atomic E-state index is 12.0. The van der Waals surface area contributed by atoms with Crippen molar-refractivity contribution < 1.29 is 4.79 Å². The van der Waals surface area contributed by atoms with Crippen LogP contribution in [0.1, 0.15) is 44.3 Å². The van der Waals surface area contributed by atoms with Gasteiger partial charge in [-0.05, 0) is 38.0 Å². The average molecular weight is 276 g/mol. The average Bonchev–Trinajstić information content (AvgIpc) is 3.05. The molecule has 3 N–H and O–H groups in total. The molecular formula is C15H24N4O. The molecule has 1 aromatic heterocycles. The maximum Gasteiger partial charge on any atom is 0.220 e. The fourth-order valence-corrected chi connectivity index (χ4v) is 3.59. The summed E-state index contributed by atoms with van der Waals surface area (Å²) < 4.78 is 0. The number of nitrogens with zero attached hydrogens (tertiary/aromatic N) is 1. The summed E-state index contributed by atoms with van der Waals surface area (Å²) in [5, 5.41) is 6.66. The van der Waals surface area contributed by atoms with Crippen LogP contribution in [0.2, 0.25) is 0 Å². The highest BCUT2D eigenvalue weighted by Gasteiger charge is 2.33. The number of carbonyl (C=O) groups is 1. The van der Waals surface area contributed by atoms with Crippen LogP contribution in [0.15, 0.2) is 12.4 Å². The lowest BCUT2D eigenvalue weighted by molar-refractivity contribution is -0.122. The zero-order chi connectivity index (χ0) is 13.8. The molecule has 0 saturated carbocycles. The Hall–Kier alpha value is -1.36. The number of rotatable bonds is 6. The van der Waals surface area contributed by atoms with Crippen molar-refractivity contribution in [2.45, 2.75) is 57.0 Å². The number of piperidine rings is 1. The van der Waals surface area contributed by atoms with Crippen LogP contribution in [0.25, 0.3) is 0 Å². The number of fused-ring (bicyclic) bond motifs is 2. The van der Waals surface area contributed by atoms with Crippen LogP contribution < -0.4 is 10.6 Å². The Morgan fingerprint density at radius 3 is 2.85 bits per heavy atom. The first kappa shape index (κ1) is 13.6. The zero-order valence-corrected chi connectivity index (χ0v) is 11.9. The fraction of sp³-hybridized carbons (Fsp3) is 0.733. The predicted molar refractivity (Wildman–Crippen MR) is 77.2 cm³/mol. The highest BCUT2D eigenvalue weighted by atomic mass is 16.1. The minimum absolute atomic E-state index is 0.218. The molecule has 2 fully saturated rings. The van der Waals surface area contributed by atoms with Crippen LogP contribution in [-0.2, 0) is 11.2 Å². The van der Waals surface area contributed by atoms with E-state index in [4.69, 9.17) is 0 Å². The van der Waals surface area contributed by atoms with E-state index in [1.807, 2.05) is 6.20 Å². The summed E-state index contributed by atoms with van der Waals surface area (Å²) in [7, 11) is 0. The Kier molecular flexibility index (Phi) is 4.35. The lowest BCUT2D eigenvalue weighted by atomic mass is 9.89. The van der Waals surface area contributed by atoms with Gasteiger partial charge in [-0.15, -0.1) is 0 Å². The number of nitrogens with one attached hydrogen (secondary N) is 3. The first-order valence-electron chi connectivity index (χ1n) is 7.80. The van der Waals surface area contributed by atoms with Crippen molar-refractivity contribution in [1.82, 2.24) is 20.6 Å². The van der Waals surface area contributed by atoms with Crippen LogP contribution in [0.4, 0.5) is 0 Å². The Bertz CT molecular complexity index is 419. The smallest absolute Gasteiger partial charge is 0.220 e. The van der Waals surface area contributed by atoms with Crippen LogP contribution in [-0.4, -0.2) is 34.5 Å². The lowest BCUT2D eigenvalue weighted by Gasteiger charge is -2.28. The van der Waals surface area contributed by atoms with Gasteiger partial charge in [-0.1, -0.05) is 0 Å². The first-order chi connectivity index (χ1) is 9.79. The Balaban J connectivity index is 1.31. The van der Waals surface area contributed by atoms with E-state index in [1.54, 1.807) is 6.20 Å². The van der Waals surface area contributed by atoms with Gasteiger partial charge in [-0.2, -0.15) is 0 Å². The number of aromatic amines is 1. The van der Waals surface area contributed by atoms with Gasteiger partial charge >= 0.3 is 0 Å². The summed E-state index contributed by atoms with van der Waals surface area (Å²) in [6.07, 6.45) is 11.1. The number of aryl methyl sites for hydroxylation is 1. The third-order valence-electron chi connectivity index (χ3n) is 4.51. The normalized spacial score (nSPS) is 28.5. The molecule has 1 amide bonds. The van der Waals surface area contributed by atoms with Gasteiger partial charge in [-0.3, -0.25) is 4.79 Å². The summed E-state index contributed by atoms with van der Waals surface area (Å²) >= 11 is 0. The Labute approximate surface area is 119 Å². The molecule has 3 heterocycles. The van der Waals surface area contributed by atoms with Crippen molar-refractivity contribution in [3.05, 3.63) is 18.2 Å². The molecule has 5 nitrogen and oxygen atoms in total. The lowest BCUT2D eigenvalue weighted by Crippen LogP contribution is -2.39. The minimum Gasteiger partial charge on any atom is -0.356 e. The molecule has 1 aromatic rings. The molecule has 20 heavy (non-hydrogen) atoms. The van der Waals surface area contributed by atoms with Gasteiger partial charge in [0.1, 0.15) is 5.82 Å². The van der Waals surface area contributed by atoms with E-state index in [9.17, 15) is 4.79 Å². The predicted octanol–water partition coefficient (Wildman–Crippen LogP) is 1.38. The fourth-order valence-electron chi connectivity index (χ4n) is 3.59. The molecule has 110 valence electrons. The van der Waals surface area contributed by atoms with Crippen molar-refractivity contribution >= 4 is 5.91 Å². The van der Waals surface area contributed by atoms with E-state index in [-0.39, 0.29) is 5.91 Å². The van der Waals surface area contributed by atoms with Gasteiger partial charge in [0.15, 0.2) is 0 Å². The Morgan fingerprint density at radius 1 is 1.35 bits per heavy atom. The van der Waals surface area contributed by atoms with Crippen molar-refractivity contribution in [3.63, 3.8) is 0 Å². The van der Waals surface area contributed by atoms with Gasteiger partial charge in [0.25, 0.3) is 0 Å². The molecule has 3 rings (SSSR count). The van der Waals surface area contributed by atoms with Crippen LogP contribution >= 0.6 is 0 Å². The number of H-pyrrole nitrogens is 1. The topological polar surface area (TPSA) is 69.8 Å². The maximum atomic E-state index is 12.0. The van der Waals surface area contributed by atoms with Gasteiger partial charge in [0.05, 0.1) is 0 Å². The molecule has 0 aliphatic carbocycles. The number of carbonyl (C=O) groups excluding carboxylic acids is 1. The molecule has 2 unspecified atom stereocenters. The van der Waals surface area contributed by atoms with Crippen LogP contribution in [0, 0.1) is 5.92 Å². The molecule has 2 aliphatic rings. The SMILES string of the molecule is O=C(CC1CC2CCC(C1)N2)NCCCc1ncc[nH]1. The van der Waals surface area contributed by atoms with E-state index in [2.05, 4.69) is 20.6 Å². The zero-order valence-electron chi connectivity index (χ0n) is 11.9. The highest BCUT2D eigenvalue weighted by molar-refractivity contribution is 5.76.